The van der Waals surface area contributed by atoms with Crippen molar-refractivity contribution in [3.63, 3.8) is 0 Å². The van der Waals surface area contributed by atoms with Crippen LogP contribution >= 0.6 is 0 Å². The van der Waals surface area contributed by atoms with Crippen molar-refractivity contribution in [1.82, 2.24) is 0 Å². The van der Waals surface area contributed by atoms with Crippen molar-refractivity contribution in [2.75, 3.05) is 6.61 Å². The smallest absolute Gasteiger partial charge is 0.119 e. The predicted molar refractivity (Wildman–Crippen MR) is 58.7 cm³/mol. The van der Waals surface area contributed by atoms with Gasteiger partial charge in [-0.25, -0.2) is 0 Å². The fourth-order valence-corrected chi connectivity index (χ4v) is 1.62. The number of rotatable bonds is 4. The van der Waals surface area contributed by atoms with E-state index in [1.165, 1.54) is 0 Å². The zero-order chi connectivity index (χ0) is 10.7. The topological polar surface area (TPSA) is 41.8 Å². The van der Waals surface area contributed by atoms with Gasteiger partial charge in [0.25, 0.3) is 0 Å². The zero-order valence-electron chi connectivity index (χ0n) is 8.81. The van der Waals surface area contributed by atoms with E-state index in [4.69, 9.17) is 9.94 Å². The van der Waals surface area contributed by atoms with Crippen LogP contribution in [0, 0.1) is 5.92 Å². The number of hydrogen-bond acceptors (Lipinski definition) is 3. The van der Waals surface area contributed by atoms with E-state index in [9.17, 15) is 0 Å². The molecule has 0 saturated heterocycles. The van der Waals surface area contributed by atoms with Crippen LogP contribution in [0.3, 0.4) is 0 Å². The Balaban J connectivity index is 2.14. The van der Waals surface area contributed by atoms with Gasteiger partial charge in [0, 0.05) is 5.92 Å². The van der Waals surface area contributed by atoms with Gasteiger partial charge in [0.15, 0.2) is 0 Å². The summed E-state index contributed by atoms with van der Waals surface area (Å²) in [5, 5.41) is 12.3. The summed E-state index contributed by atoms with van der Waals surface area (Å²) in [7, 11) is 0. The molecule has 1 aromatic rings. The van der Waals surface area contributed by atoms with Gasteiger partial charge in [0.2, 0.25) is 0 Å². The first-order chi connectivity index (χ1) is 7.35. The van der Waals surface area contributed by atoms with E-state index in [2.05, 4.69) is 5.16 Å². The molecule has 0 spiro atoms. The predicted octanol–water partition coefficient (Wildman–Crippen LogP) is 2.67. The highest BCUT2D eigenvalue weighted by atomic mass is 16.5. The third-order valence-corrected chi connectivity index (χ3v) is 2.53. The van der Waals surface area contributed by atoms with Gasteiger partial charge in [-0.05, 0) is 49.6 Å². The Kier molecular flexibility index (Phi) is 2.90. The van der Waals surface area contributed by atoms with Crippen LogP contribution in [0.4, 0.5) is 0 Å². The summed E-state index contributed by atoms with van der Waals surface area (Å²) in [4.78, 5) is 0. The molecule has 0 radical (unpaired) electrons. The van der Waals surface area contributed by atoms with E-state index in [0.717, 1.165) is 29.9 Å². The van der Waals surface area contributed by atoms with Crippen molar-refractivity contribution in [3.8, 4) is 5.75 Å². The molecule has 80 valence electrons. The zero-order valence-corrected chi connectivity index (χ0v) is 8.81. The second kappa shape index (κ2) is 4.34. The van der Waals surface area contributed by atoms with Gasteiger partial charge in [0.1, 0.15) is 5.75 Å². The number of benzene rings is 1. The molecule has 1 N–H and O–H groups in total. The first-order valence-electron chi connectivity index (χ1n) is 5.30. The van der Waals surface area contributed by atoms with Crippen LogP contribution in [0.1, 0.15) is 25.3 Å². The Morgan fingerprint density at radius 3 is 2.53 bits per heavy atom. The molecule has 0 heterocycles. The minimum Gasteiger partial charge on any atom is -0.494 e. The lowest BCUT2D eigenvalue weighted by Crippen LogP contribution is -2.03. The normalized spacial score (nSPS) is 16.5. The van der Waals surface area contributed by atoms with Crippen LogP contribution in [-0.4, -0.2) is 17.5 Å². The summed E-state index contributed by atoms with van der Waals surface area (Å²) in [6, 6.07) is 7.70. The van der Waals surface area contributed by atoms with Gasteiger partial charge in [-0.15, -0.1) is 0 Å². The van der Waals surface area contributed by atoms with Crippen LogP contribution in [0.5, 0.6) is 5.75 Å². The largest absolute Gasteiger partial charge is 0.494 e. The Hall–Kier alpha value is -1.51. The maximum absolute atomic E-state index is 8.92. The number of hydrogen-bond donors (Lipinski definition) is 1. The monoisotopic (exact) mass is 205 g/mol. The molecule has 1 fully saturated rings. The average molecular weight is 205 g/mol. The molecule has 0 amide bonds. The fourth-order valence-electron chi connectivity index (χ4n) is 1.62. The van der Waals surface area contributed by atoms with Crippen molar-refractivity contribution >= 4 is 5.71 Å². The molecule has 1 aliphatic rings. The Morgan fingerprint density at radius 1 is 1.40 bits per heavy atom. The van der Waals surface area contributed by atoms with Crippen molar-refractivity contribution < 1.29 is 9.94 Å². The van der Waals surface area contributed by atoms with Crippen LogP contribution in [0.25, 0.3) is 0 Å². The molecule has 0 aromatic heterocycles. The quantitative estimate of drug-likeness (QED) is 0.466. The second-order valence-corrected chi connectivity index (χ2v) is 3.72. The lowest BCUT2D eigenvalue weighted by atomic mass is 10.1. The molecule has 0 aliphatic heterocycles. The standard InChI is InChI=1S/C12H15NO2/c1-2-15-11-7-5-10(6-8-11)12(13-14)9-3-4-9/h5-9,14H,2-4H2,1H3. The molecule has 0 unspecified atom stereocenters. The molecular weight excluding hydrogens is 190 g/mol. The molecule has 0 atom stereocenters. The number of ether oxygens (including phenoxy) is 1. The summed E-state index contributed by atoms with van der Waals surface area (Å²) in [5.41, 5.74) is 1.79. The van der Waals surface area contributed by atoms with Crippen molar-refractivity contribution in [2.45, 2.75) is 19.8 Å². The van der Waals surface area contributed by atoms with Crippen molar-refractivity contribution in [1.29, 1.82) is 0 Å². The third kappa shape index (κ3) is 2.29. The SMILES string of the molecule is CCOc1ccc(C(=NO)C2CC2)cc1. The van der Waals surface area contributed by atoms with Gasteiger partial charge < -0.3 is 9.94 Å². The van der Waals surface area contributed by atoms with Crippen LogP contribution in [0.15, 0.2) is 29.4 Å². The molecular formula is C12H15NO2. The minimum atomic E-state index is 0.452. The van der Waals surface area contributed by atoms with E-state index in [0.29, 0.717) is 12.5 Å². The lowest BCUT2D eigenvalue weighted by Gasteiger charge is -2.05. The van der Waals surface area contributed by atoms with Crippen LogP contribution in [0.2, 0.25) is 0 Å². The highest BCUT2D eigenvalue weighted by molar-refractivity contribution is 6.03. The highest BCUT2D eigenvalue weighted by Gasteiger charge is 2.29. The molecule has 3 heteroatoms. The summed E-state index contributed by atoms with van der Waals surface area (Å²) >= 11 is 0. The van der Waals surface area contributed by atoms with E-state index >= 15 is 0 Å². The lowest BCUT2D eigenvalue weighted by molar-refractivity contribution is 0.317. The first-order valence-corrected chi connectivity index (χ1v) is 5.30. The second-order valence-electron chi connectivity index (χ2n) is 3.72. The summed E-state index contributed by atoms with van der Waals surface area (Å²) in [5.74, 6) is 1.31. The Bertz CT molecular complexity index is 352. The number of nitrogens with zero attached hydrogens (tertiary/aromatic N) is 1. The van der Waals surface area contributed by atoms with Crippen LogP contribution in [-0.2, 0) is 0 Å². The number of oxime groups is 1. The fraction of sp³-hybridized carbons (Fsp3) is 0.417. The maximum atomic E-state index is 8.92. The van der Waals surface area contributed by atoms with Crippen LogP contribution < -0.4 is 4.74 Å². The summed E-state index contributed by atoms with van der Waals surface area (Å²) in [6.45, 7) is 2.63. The Morgan fingerprint density at radius 2 is 2.07 bits per heavy atom. The maximum Gasteiger partial charge on any atom is 0.119 e. The van der Waals surface area contributed by atoms with Gasteiger partial charge in [-0.2, -0.15) is 0 Å². The molecule has 0 bridgehead atoms. The van der Waals surface area contributed by atoms with Gasteiger partial charge >= 0.3 is 0 Å². The van der Waals surface area contributed by atoms with Gasteiger partial charge in [-0.1, -0.05) is 5.16 Å². The van der Waals surface area contributed by atoms with Crippen molar-refractivity contribution in [3.05, 3.63) is 29.8 Å². The molecule has 3 nitrogen and oxygen atoms in total. The average Bonchev–Trinajstić information content (AvgIpc) is 3.06. The summed E-state index contributed by atoms with van der Waals surface area (Å²) < 4.78 is 5.35. The first kappa shape index (κ1) is 10.0. The van der Waals surface area contributed by atoms with E-state index in [1.54, 1.807) is 0 Å². The van der Waals surface area contributed by atoms with E-state index in [1.807, 2.05) is 31.2 Å². The molecule has 15 heavy (non-hydrogen) atoms. The van der Waals surface area contributed by atoms with E-state index in [-0.39, 0.29) is 0 Å². The highest BCUT2D eigenvalue weighted by Crippen LogP contribution is 2.33. The molecule has 1 aliphatic carbocycles. The molecule has 2 rings (SSSR count). The van der Waals surface area contributed by atoms with E-state index < -0.39 is 0 Å². The van der Waals surface area contributed by atoms with Gasteiger partial charge in [0.05, 0.1) is 12.3 Å². The molecule has 1 aromatic carbocycles. The summed E-state index contributed by atoms with van der Waals surface area (Å²) in [6.07, 6.45) is 2.26. The minimum absolute atomic E-state index is 0.452. The van der Waals surface area contributed by atoms with Crippen molar-refractivity contribution in [2.24, 2.45) is 11.1 Å². The third-order valence-electron chi connectivity index (χ3n) is 2.53. The molecule has 1 saturated carbocycles. The Labute approximate surface area is 89.4 Å². The van der Waals surface area contributed by atoms with Gasteiger partial charge in [-0.3, -0.25) is 0 Å².